The molecule has 1 heterocycles. The van der Waals surface area contributed by atoms with Gasteiger partial charge in [-0.1, -0.05) is 60.7 Å². The molecule has 166 valence electrons. The van der Waals surface area contributed by atoms with E-state index >= 15 is 0 Å². The fraction of sp³-hybridized carbons (Fsp3) is 0.296. The average molecular weight is 431 g/mol. The number of nitrogens with zero attached hydrogens (tertiary/aromatic N) is 1. The Labute approximate surface area is 189 Å². The highest BCUT2D eigenvalue weighted by molar-refractivity contribution is 5.97. The van der Waals surface area contributed by atoms with Gasteiger partial charge in [-0.15, -0.1) is 0 Å². The summed E-state index contributed by atoms with van der Waals surface area (Å²) >= 11 is 0. The van der Waals surface area contributed by atoms with Gasteiger partial charge in [0, 0.05) is 26.2 Å². The SMILES string of the molecule is O=C(NCc1ccc(CN2CCC(O)CC2)cc1)c1cc(Cc2ccccc2)ccc1O. The number of benzene rings is 3. The Morgan fingerprint density at radius 2 is 1.53 bits per heavy atom. The molecule has 4 rings (SSSR count). The van der Waals surface area contributed by atoms with Crippen LogP contribution in [0.4, 0.5) is 0 Å². The summed E-state index contributed by atoms with van der Waals surface area (Å²) < 4.78 is 0. The lowest BCUT2D eigenvalue weighted by Crippen LogP contribution is -2.35. The zero-order valence-electron chi connectivity index (χ0n) is 18.2. The predicted octanol–water partition coefficient (Wildman–Crippen LogP) is 3.87. The predicted molar refractivity (Wildman–Crippen MR) is 125 cm³/mol. The number of phenolic OH excluding ortho intramolecular Hbond substituents is 1. The molecule has 0 spiro atoms. The molecule has 1 amide bonds. The highest BCUT2D eigenvalue weighted by Gasteiger charge is 2.17. The lowest BCUT2D eigenvalue weighted by Gasteiger charge is -2.29. The standard InChI is InChI=1S/C27H30N2O3/c30-24-12-14-29(15-13-24)19-22-8-6-21(7-9-22)18-28-27(32)25-17-23(10-11-26(25)31)16-20-4-2-1-3-5-20/h1-11,17,24,30-31H,12-16,18-19H2,(H,28,32). The second-order valence-electron chi connectivity index (χ2n) is 8.52. The molecule has 3 N–H and O–H groups in total. The number of carbonyl (C=O) groups is 1. The molecule has 32 heavy (non-hydrogen) atoms. The summed E-state index contributed by atoms with van der Waals surface area (Å²) in [7, 11) is 0. The van der Waals surface area contributed by atoms with Crippen LogP contribution in [0, 0.1) is 0 Å². The molecule has 0 unspecified atom stereocenters. The van der Waals surface area contributed by atoms with E-state index in [9.17, 15) is 15.0 Å². The van der Waals surface area contributed by atoms with E-state index in [4.69, 9.17) is 0 Å². The molecule has 0 aliphatic carbocycles. The van der Waals surface area contributed by atoms with Crippen molar-refractivity contribution in [2.45, 2.75) is 38.5 Å². The van der Waals surface area contributed by atoms with E-state index in [1.165, 1.54) is 5.56 Å². The summed E-state index contributed by atoms with van der Waals surface area (Å²) in [5.41, 5.74) is 4.67. The Morgan fingerprint density at radius 1 is 0.875 bits per heavy atom. The van der Waals surface area contributed by atoms with Crippen molar-refractivity contribution in [3.63, 3.8) is 0 Å². The van der Waals surface area contributed by atoms with Crippen LogP contribution in [-0.2, 0) is 19.5 Å². The number of carbonyl (C=O) groups excluding carboxylic acids is 1. The molecule has 1 aliphatic rings. The molecule has 3 aromatic carbocycles. The molecule has 5 nitrogen and oxygen atoms in total. The third-order valence-electron chi connectivity index (χ3n) is 6.00. The number of phenols is 1. The van der Waals surface area contributed by atoms with Crippen molar-refractivity contribution in [2.24, 2.45) is 0 Å². The van der Waals surface area contributed by atoms with Gasteiger partial charge in [-0.2, -0.15) is 0 Å². The van der Waals surface area contributed by atoms with Gasteiger partial charge in [0.15, 0.2) is 0 Å². The summed E-state index contributed by atoms with van der Waals surface area (Å²) in [5.74, 6) is -0.297. The van der Waals surface area contributed by atoms with Crippen LogP contribution in [0.25, 0.3) is 0 Å². The molecule has 5 heteroatoms. The van der Waals surface area contributed by atoms with E-state index in [0.717, 1.165) is 49.2 Å². The fourth-order valence-electron chi connectivity index (χ4n) is 4.08. The van der Waals surface area contributed by atoms with Gasteiger partial charge in [0.2, 0.25) is 0 Å². The number of piperidine rings is 1. The lowest BCUT2D eigenvalue weighted by atomic mass is 10.0. The molecule has 1 fully saturated rings. The first-order chi connectivity index (χ1) is 15.6. The third kappa shape index (κ3) is 5.96. The van der Waals surface area contributed by atoms with Gasteiger partial charge in [-0.25, -0.2) is 0 Å². The molecule has 0 radical (unpaired) electrons. The number of likely N-dealkylation sites (tertiary alicyclic amines) is 1. The van der Waals surface area contributed by atoms with E-state index in [1.807, 2.05) is 48.5 Å². The Morgan fingerprint density at radius 3 is 2.25 bits per heavy atom. The Bertz CT molecular complexity index is 1030. The Hall–Kier alpha value is -3.15. The average Bonchev–Trinajstić information content (AvgIpc) is 2.82. The molecule has 1 aliphatic heterocycles. The van der Waals surface area contributed by atoms with Crippen LogP contribution in [0.15, 0.2) is 72.8 Å². The summed E-state index contributed by atoms with van der Waals surface area (Å²) in [4.78, 5) is 15.1. The maximum Gasteiger partial charge on any atom is 0.255 e. The van der Waals surface area contributed by atoms with Crippen LogP contribution < -0.4 is 5.32 Å². The number of nitrogens with one attached hydrogen (secondary N) is 1. The summed E-state index contributed by atoms with van der Waals surface area (Å²) in [6.07, 6.45) is 2.22. The number of aromatic hydroxyl groups is 1. The first-order valence-corrected chi connectivity index (χ1v) is 11.2. The molecule has 0 atom stereocenters. The minimum Gasteiger partial charge on any atom is -0.507 e. The topological polar surface area (TPSA) is 72.8 Å². The molecule has 0 aromatic heterocycles. The van der Waals surface area contributed by atoms with Gasteiger partial charge in [-0.05, 0) is 53.6 Å². The van der Waals surface area contributed by atoms with Crippen LogP contribution in [0.1, 0.15) is 45.5 Å². The highest BCUT2D eigenvalue weighted by atomic mass is 16.3. The van der Waals surface area contributed by atoms with Crippen molar-refractivity contribution >= 4 is 5.91 Å². The van der Waals surface area contributed by atoms with E-state index < -0.39 is 0 Å². The second kappa shape index (κ2) is 10.4. The smallest absolute Gasteiger partial charge is 0.255 e. The first-order valence-electron chi connectivity index (χ1n) is 11.2. The van der Waals surface area contributed by atoms with Crippen molar-refractivity contribution in [1.29, 1.82) is 0 Å². The number of hydrogen-bond donors (Lipinski definition) is 3. The summed E-state index contributed by atoms with van der Waals surface area (Å²) in [6.45, 7) is 3.12. The van der Waals surface area contributed by atoms with Crippen LogP contribution in [0.5, 0.6) is 5.75 Å². The second-order valence-corrected chi connectivity index (χ2v) is 8.52. The molecule has 0 bridgehead atoms. The van der Waals surface area contributed by atoms with Crippen LogP contribution in [0.2, 0.25) is 0 Å². The maximum absolute atomic E-state index is 12.7. The van der Waals surface area contributed by atoms with Crippen LogP contribution in [0.3, 0.4) is 0 Å². The highest BCUT2D eigenvalue weighted by Crippen LogP contribution is 2.21. The summed E-state index contributed by atoms with van der Waals surface area (Å²) in [5, 5.41) is 22.7. The lowest BCUT2D eigenvalue weighted by molar-refractivity contribution is 0.0792. The van der Waals surface area contributed by atoms with Crippen molar-refractivity contribution in [3.05, 3.63) is 101 Å². The van der Waals surface area contributed by atoms with Gasteiger partial charge in [-0.3, -0.25) is 9.69 Å². The van der Waals surface area contributed by atoms with Crippen molar-refractivity contribution in [1.82, 2.24) is 10.2 Å². The number of rotatable bonds is 7. The molecular formula is C27H30N2O3. The van der Waals surface area contributed by atoms with E-state index in [1.54, 1.807) is 12.1 Å². The summed E-state index contributed by atoms with van der Waals surface area (Å²) in [6, 6.07) is 23.5. The monoisotopic (exact) mass is 430 g/mol. The largest absolute Gasteiger partial charge is 0.507 e. The van der Waals surface area contributed by atoms with Crippen LogP contribution >= 0.6 is 0 Å². The normalized spacial score (nSPS) is 14.9. The molecular weight excluding hydrogens is 400 g/mol. The third-order valence-corrected chi connectivity index (χ3v) is 6.00. The number of hydrogen-bond acceptors (Lipinski definition) is 4. The number of aliphatic hydroxyl groups excluding tert-OH is 1. The Balaban J connectivity index is 1.32. The van der Waals surface area contributed by atoms with Gasteiger partial charge < -0.3 is 15.5 Å². The molecule has 1 saturated heterocycles. The fourth-order valence-corrected chi connectivity index (χ4v) is 4.08. The Kier molecular flexibility index (Phi) is 7.20. The minimum absolute atomic E-state index is 0.0127. The number of aliphatic hydroxyl groups is 1. The van der Waals surface area contributed by atoms with E-state index in [-0.39, 0.29) is 17.8 Å². The van der Waals surface area contributed by atoms with Gasteiger partial charge in [0.1, 0.15) is 5.75 Å². The zero-order chi connectivity index (χ0) is 22.3. The van der Waals surface area contributed by atoms with Gasteiger partial charge in [0.05, 0.1) is 11.7 Å². The quantitative estimate of drug-likeness (QED) is 0.532. The number of amides is 1. The van der Waals surface area contributed by atoms with Crippen molar-refractivity contribution in [2.75, 3.05) is 13.1 Å². The van der Waals surface area contributed by atoms with Crippen molar-refractivity contribution in [3.8, 4) is 5.75 Å². The van der Waals surface area contributed by atoms with Crippen LogP contribution in [-0.4, -0.2) is 40.2 Å². The maximum atomic E-state index is 12.7. The van der Waals surface area contributed by atoms with Gasteiger partial charge in [0.25, 0.3) is 5.91 Å². The molecule has 0 saturated carbocycles. The van der Waals surface area contributed by atoms with Crippen molar-refractivity contribution < 1.29 is 15.0 Å². The molecule has 3 aromatic rings. The first kappa shape index (κ1) is 22.1. The minimum atomic E-state index is -0.284. The zero-order valence-corrected chi connectivity index (χ0v) is 18.2. The van der Waals surface area contributed by atoms with E-state index in [2.05, 4.69) is 22.3 Å². The van der Waals surface area contributed by atoms with Gasteiger partial charge >= 0.3 is 0 Å². The van der Waals surface area contributed by atoms with E-state index in [0.29, 0.717) is 18.5 Å².